The molecule has 1 amide bonds. The molecule has 2 aliphatic heterocycles. The largest absolute Gasteiger partial charge is 0.633 e. The van der Waals surface area contributed by atoms with Gasteiger partial charge >= 0.3 is 0 Å². The lowest BCUT2D eigenvalue weighted by Crippen LogP contribution is -2.54. The quantitative estimate of drug-likeness (QED) is 0.313. The van der Waals surface area contributed by atoms with Gasteiger partial charge in [0.2, 0.25) is 5.91 Å². The lowest BCUT2D eigenvalue weighted by molar-refractivity contribution is -0.861. The van der Waals surface area contributed by atoms with Gasteiger partial charge in [-0.25, -0.2) is 9.97 Å². The molecule has 1 aliphatic carbocycles. The van der Waals surface area contributed by atoms with Gasteiger partial charge in [-0.1, -0.05) is 0 Å². The van der Waals surface area contributed by atoms with E-state index < -0.39 is 0 Å². The fourth-order valence-corrected chi connectivity index (χ4v) is 4.72. The summed E-state index contributed by atoms with van der Waals surface area (Å²) in [6, 6.07) is 9.69. The van der Waals surface area contributed by atoms with Gasteiger partial charge in [-0.2, -0.15) is 5.10 Å². The van der Waals surface area contributed by atoms with Crippen LogP contribution in [0.4, 0.5) is 17.3 Å². The fraction of sp³-hybridized carbons (Fsp3) is 0.478. The van der Waals surface area contributed by atoms with E-state index in [2.05, 4.69) is 26.1 Å². The number of aromatic nitrogens is 2. The Labute approximate surface area is 203 Å². The number of hydrazone groups is 1. The second kappa shape index (κ2) is 9.40. The van der Waals surface area contributed by atoms with Crippen molar-refractivity contribution in [2.24, 2.45) is 11.0 Å². The molecule has 34 heavy (non-hydrogen) atoms. The Morgan fingerprint density at radius 3 is 2.59 bits per heavy atom. The number of nitrogens with one attached hydrogen (secondary N) is 3. The number of nitrogens with zero attached hydrogens (tertiary/aromatic N) is 5. The smallest absolute Gasteiger partial charge is 0.227 e. The molecular weight excluding hydrogens is 452 g/mol. The molecule has 1 atom stereocenters. The monoisotopic (exact) mass is 482 g/mol. The highest BCUT2D eigenvalue weighted by Gasteiger charge is 2.29. The number of anilines is 3. The molecule has 1 unspecified atom stereocenters. The van der Waals surface area contributed by atoms with Crippen molar-refractivity contribution in [2.75, 3.05) is 48.8 Å². The van der Waals surface area contributed by atoms with Crippen molar-refractivity contribution in [2.45, 2.75) is 42.4 Å². The minimum atomic E-state index is -0.222. The standard InChI is InChI=1S/C23H30N8O2S/c1-15-13-20(29-28-15)25-19-14-21(30-9-11-31(2,33)12-10-30)27-23(26-19)34-18-7-5-17(6-8-18)24-22(32)16-3-4-16/h5-8,14,16,20,29H,3-4,9-13H2,1-2H3,(H,24,32)(H,25,26,27). The van der Waals surface area contributed by atoms with Gasteiger partial charge in [-0.3, -0.25) is 10.2 Å². The summed E-state index contributed by atoms with van der Waals surface area (Å²) in [5.74, 6) is 1.80. The zero-order chi connectivity index (χ0) is 23.7. The van der Waals surface area contributed by atoms with Crippen LogP contribution in [-0.2, 0) is 4.79 Å². The first-order valence-corrected chi connectivity index (χ1v) is 12.5. The molecule has 3 N–H and O–H groups in total. The molecule has 1 aromatic heterocycles. The minimum Gasteiger partial charge on any atom is -0.633 e. The first kappa shape index (κ1) is 22.9. The molecule has 3 heterocycles. The molecule has 1 aromatic carbocycles. The number of piperazine rings is 1. The first-order chi connectivity index (χ1) is 16.3. The van der Waals surface area contributed by atoms with Crippen LogP contribution in [0.5, 0.6) is 0 Å². The Hall–Kier alpha value is -2.89. The predicted octanol–water partition coefficient (Wildman–Crippen LogP) is 2.85. The SMILES string of the molecule is CC1=NNC(Nc2cc(N3CC[N+](C)([O-])CC3)nc(Sc3ccc(NC(=O)C4CC4)cc3)n2)C1. The first-order valence-electron chi connectivity index (χ1n) is 11.7. The Morgan fingerprint density at radius 1 is 1.21 bits per heavy atom. The highest BCUT2D eigenvalue weighted by molar-refractivity contribution is 7.99. The second-order valence-electron chi connectivity index (χ2n) is 9.39. The lowest BCUT2D eigenvalue weighted by atomic mass is 10.2. The normalized spacial score (nSPS) is 21.6. The number of rotatable bonds is 7. The highest BCUT2D eigenvalue weighted by Crippen LogP contribution is 2.32. The van der Waals surface area contributed by atoms with Gasteiger partial charge in [-0.15, -0.1) is 0 Å². The van der Waals surface area contributed by atoms with Crippen molar-refractivity contribution in [1.29, 1.82) is 0 Å². The molecule has 2 fully saturated rings. The van der Waals surface area contributed by atoms with Crippen molar-refractivity contribution in [3.8, 4) is 0 Å². The van der Waals surface area contributed by atoms with Crippen LogP contribution < -0.4 is 21.0 Å². The zero-order valence-electron chi connectivity index (χ0n) is 19.5. The van der Waals surface area contributed by atoms with E-state index in [1.54, 1.807) is 7.05 Å². The van der Waals surface area contributed by atoms with Crippen molar-refractivity contribution in [1.82, 2.24) is 15.4 Å². The van der Waals surface area contributed by atoms with Crippen molar-refractivity contribution in [3.05, 3.63) is 35.5 Å². The fourth-order valence-electron chi connectivity index (χ4n) is 3.95. The minimum absolute atomic E-state index is 0.0158. The lowest BCUT2D eigenvalue weighted by Gasteiger charge is -2.45. The number of likely N-dealkylation sites (N-methyl/N-ethyl adjacent to an activating group) is 1. The van der Waals surface area contributed by atoms with Crippen molar-refractivity contribution >= 4 is 40.7 Å². The Morgan fingerprint density at radius 2 is 1.94 bits per heavy atom. The van der Waals surface area contributed by atoms with Crippen LogP contribution in [0.3, 0.4) is 0 Å². The molecule has 1 saturated heterocycles. The molecule has 5 rings (SSSR count). The van der Waals surface area contributed by atoms with Crippen LogP contribution in [0, 0.1) is 11.1 Å². The Kier molecular flexibility index (Phi) is 6.32. The molecule has 1 saturated carbocycles. The zero-order valence-corrected chi connectivity index (χ0v) is 20.3. The molecule has 11 heteroatoms. The van der Waals surface area contributed by atoms with Gasteiger partial charge in [0, 0.05) is 34.7 Å². The predicted molar refractivity (Wildman–Crippen MR) is 134 cm³/mol. The third kappa shape index (κ3) is 5.78. The molecule has 2 aromatic rings. The summed E-state index contributed by atoms with van der Waals surface area (Å²) in [6.45, 7) is 4.35. The molecule has 10 nitrogen and oxygen atoms in total. The number of amides is 1. The Balaban J connectivity index is 1.32. The molecule has 0 radical (unpaired) electrons. The van der Waals surface area contributed by atoms with E-state index in [4.69, 9.17) is 9.97 Å². The number of hydroxylamine groups is 3. The van der Waals surface area contributed by atoms with Gasteiger partial charge in [-0.05, 0) is 55.8 Å². The van der Waals surface area contributed by atoms with Gasteiger partial charge in [0.25, 0.3) is 0 Å². The number of hydrogen-bond acceptors (Lipinski definition) is 9. The molecule has 0 spiro atoms. The summed E-state index contributed by atoms with van der Waals surface area (Å²) in [5, 5.41) is 23.5. The summed E-state index contributed by atoms with van der Waals surface area (Å²) < 4.78 is -0.222. The number of carbonyl (C=O) groups excluding carboxylic acids is 1. The van der Waals surface area contributed by atoms with Crippen LogP contribution in [-0.4, -0.2) is 65.6 Å². The Bertz CT molecular complexity index is 1080. The topological polar surface area (TPSA) is 118 Å². The summed E-state index contributed by atoms with van der Waals surface area (Å²) in [7, 11) is 1.72. The maximum Gasteiger partial charge on any atom is 0.227 e. The maximum atomic E-state index is 12.3. The summed E-state index contributed by atoms with van der Waals surface area (Å²) in [5.41, 5.74) is 4.93. The van der Waals surface area contributed by atoms with Gasteiger partial charge in [0.1, 0.15) is 17.8 Å². The molecule has 3 aliphatic rings. The van der Waals surface area contributed by atoms with E-state index in [9.17, 15) is 10.0 Å². The summed E-state index contributed by atoms with van der Waals surface area (Å²) in [6.07, 6.45) is 2.75. The number of benzene rings is 1. The van der Waals surface area contributed by atoms with Crippen LogP contribution in [0.15, 0.2) is 45.5 Å². The molecule has 180 valence electrons. The van der Waals surface area contributed by atoms with Gasteiger partial charge < -0.3 is 25.4 Å². The van der Waals surface area contributed by atoms with Crippen molar-refractivity contribution in [3.63, 3.8) is 0 Å². The number of carbonyl (C=O) groups is 1. The summed E-state index contributed by atoms with van der Waals surface area (Å²) in [4.78, 5) is 24.7. The molecule has 0 bridgehead atoms. The number of quaternary nitrogens is 1. The van der Waals surface area contributed by atoms with E-state index >= 15 is 0 Å². The van der Waals surface area contributed by atoms with E-state index in [0.717, 1.165) is 41.4 Å². The van der Waals surface area contributed by atoms with E-state index in [-0.39, 0.29) is 22.6 Å². The van der Waals surface area contributed by atoms with Gasteiger partial charge in [0.15, 0.2) is 5.16 Å². The van der Waals surface area contributed by atoms with E-state index in [0.29, 0.717) is 37.2 Å². The van der Waals surface area contributed by atoms with Crippen molar-refractivity contribution < 1.29 is 9.44 Å². The highest BCUT2D eigenvalue weighted by atomic mass is 32.2. The van der Waals surface area contributed by atoms with Crippen LogP contribution in [0.2, 0.25) is 0 Å². The van der Waals surface area contributed by atoms with E-state index in [1.807, 2.05) is 37.3 Å². The number of hydrogen-bond donors (Lipinski definition) is 3. The molecular formula is C23H30N8O2S. The average Bonchev–Trinajstić information content (AvgIpc) is 3.57. The average molecular weight is 483 g/mol. The second-order valence-corrected chi connectivity index (χ2v) is 10.4. The van der Waals surface area contributed by atoms with Crippen LogP contribution in [0.25, 0.3) is 0 Å². The van der Waals surface area contributed by atoms with Crippen LogP contribution >= 0.6 is 11.8 Å². The van der Waals surface area contributed by atoms with Gasteiger partial charge in [0.05, 0.1) is 33.2 Å². The van der Waals surface area contributed by atoms with Crippen LogP contribution in [0.1, 0.15) is 26.2 Å². The third-order valence-corrected chi connectivity index (χ3v) is 7.09. The van der Waals surface area contributed by atoms with E-state index in [1.165, 1.54) is 11.8 Å². The third-order valence-electron chi connectivity index (χ3n) is 6.21. The summed E-state index contributed by atoms with van der Waals surface area (Å²) >= 11 is 1.47. The maximum absolute atomic E-state index is 12.3.